The molecule has 1 saturated heterocycles. The number of nitrogens with zero attached hydrogens (tertiary/aromatic N) is 1. The molecule has 1 aromatic rings. The van der Waals surface area contributed by atoms with Gasteiger partial charge in [0.15, 0.2) is 0 Å². The van der Waals surface area contributed by atoms with Crippen LogP contribution in [0.3, 0.4) is 0 Å². The first kappa shape index (κ1) is 11.3. The maximum atomic E-state index is 13.4. The summed E-state index contributed by atoms with van der Waals surface area (Å²) in [4.78, 5) is 2.17. The Bertz CT molecular complexity index is 348. The molecule has 1 aliphatic rings. The van der Waals surface area contributed by atoms with Crippen molar-refractivity contribution in [1.82, 2.24) is 4.90 Å². The lowest BCUT2D eigenvalue weighted by Crippen LogP contribution is -2.40. The third-order valence-electron chi connectivity index (χ3n) is 2.94. The van der Waals surface area contributed by atoms with E-state index in [-0.39, 0.29) is 11.7 Å². The molecule has 2 rings (SSSR count). The van der Waals surface area contributed by atoms with Crippen molar-refractivity contribution in [3.63, 3.8) is 0 Å². The molecule has 0 aromatic heterocycles. The highest BCUT2D eigenvalue weighted by Crippen LogP contribution is 2.21. The molecule has 2 nitrogen and oxygen atoms in total. The van der Waals surface area contributed by atoms with E-state index >= 15 is 0 Å². The zero-order valence-electron chi connectivity index (χ0n) is 9.34. The molecule has 0 radical (unpaired) electrons. The summed E-state index contributed by atoms with van der Waals surface area (Å²) in [5.41, 5.74) is 0.00259. The minimum Gasteiger partial charge on any atom is -0.376 e. The first-order valence-electron chi connectivity index (χ1n) is 5.56. The lowest BCUT2D eigenvalue weighted by Gasteiger charge is -2.31. The number of likely N-dealkylation sites (tertiary alicyclic amines) is 1. The van der Waals surface area contributed by atoms with Crippen LogP contribution in [0.2, 0.25) is 0 Å². The summed E-state index contributed by atoms with van der Waals surface area (Å²) in [6.07, 6.45) is 2.02. The van der Waals surface area contributed by atoms with Crippen LogP contribution >= 0.6 is 0 Å². The first-order valence-corrected chi connectivity index (χ1v) is 5.56. The van der Waals surface area contributed by atoms with Gasteiger partial charge >= 0.3 is 0 Å². The third-order valence-corrected chi connectivity index (χ3v) is 2.94. The molecular formula is C12H16F2N2. The molecular weight excluding hydrogens is 210 g/mol. The van der Waals surface area contributed by atoms with Gasteiger partial charge in [0, 0.05) is 12.6 Å². The number of hydrogen-bond donors (Lipinski definition) is 1. The van der Waals surface area contributed by atoms with E-state index in [1.165, 1.54) is 18.2 Å². The second kappa shape index (κ2) is 4.78. The molecule has 1 atom stereocenters. The lowest BCUT2D eigenvalue weighted by molar-refractivity contribution is 0.260. The fraction of sp³-hybridized carbons (Fsp3) is 0.500. The van der Waals surface area contributed by atoms with E-state index in [4.69, 9.17) is 0 Å². The SMILES string of the molecule is CN1CCCC(Nc2c(F)cccc2F)C1. The molecule has 16 heavy (non-hydrogen) atoms. The fourth-order valence-corrected chi connectivity index (χ4v) is 2.12. The van der Waals surface area contributed by atoms with Crippen LogP contribution in [0.4, 0.5) is 14.5 Å². The Kier molecular flexibility index (Phi) is 3.39. The van der Waals surface area contributed by atoms with Crippen LogP contribution in [0.5, 0.6) is 0 Å². The van der Waals surface area contributed by atoms with E-state index in [0.717, 1.165) is 25.9 Å². The Morgan fingerprint density at radius 3 is 2.62 bits per heavy atom. The third kappa shape index (κ3) is 2.50. The minimum atomic E-state index is -0.520. The number of benzene rings is 1. The molecule has 0 bridgehead atoms. The number of hydrogen-bond acceptors (Lipinski definition) is 2. The van der Waals surface area contributed by atoms with Gasteiger partial charge in [-0.25, -0.2) is 8.78 Å². The van der Waals surface area contributed by atoms with Crippen LogP contribution in [0, 0.1) is 11.6 Å². The number of anilines is 1. The number of para-hydroxylation sites is 1. The van der Waals surface area contributed by atoms with Crippen LogP contribution in [-0.2, 0) is 0 Å². The molecule has 1 fully saturated rings. The van der Waals surface area contributed by atoms with Gasteiger partial charge in [-0.1, -0.05) is 6.07 Å². The van der Waals surface area contributed by atoms with Crippen molar-refractivity contribution in [2.24, 2.45) is 0 Å². The van der Waals surface area contributed by atoms with Crippen molar-refractivity contribution >= 4 is 5.69 Å². The Morgan fingerprint density at radius 1 is 1.31 bits per heavy atom. The summed E-state index contributed by atoms with van der Waals surface area (Å²) in [6.45, 7) is 1.88. The van der Waals surface area contributed by atoms with E-state index in [2.05, 4.69) is 10.2 Å². The molecule has 1 N–H and O–H groups in total. The van der Waals surface area contributed by atoms with Gasteiger partial charge in [-0.15, -0.1) is 0 Å². The highest BCUT2D eigenvalue weighted by atomic mass is 19.1. The Morgan fingerprint density at radius 2 is 2.00 bits per heavy atom. The van der Waals surface area contributed by atoms with Gasteiger partial charge in [0.1, 0.15) is 17.3 Å². The molecule has 1 heterocycles. The Hall–Kier alpha value is -1.16. The van der Waals surface area contributed by atoms with Crippen LogP contribution in [0.1, 0.15) is 12.8 Å². The zero-order valence-corrected chi connectivity index (χ0v) is 9.34. The van der Waals surface area contributed by atoms with E-state index in [9.17, 15) is 8.78 Å². The van der Waals surface area contributed by atoms with E-state index in [1.807, 2.05) is 7.05 Å². The highest BCUT2D eigenvalue weighted by molar-refractivity contribution is 5.47. The number of nitrogens with one attached hydrogen (secondary N) is 1. The van der Waals surface area contributed by atoms with Crippen molar-refractivity contribution < 1.29 is 8.78 Å². The van der Waals surface area contributed by atoms with Gasteiger partial charge in [-0.2, -0.15) is 0 Å². The maximum Gasteiger partial charge on any atom is 0.149 e. The largest absolute Gasteiger partial charge is 0.376 e. The summed E-state index contributed by atoms with van der Waals surface area (Å²) >= 11 is 0. The van der Waals surface area contributed by atoms with Gasteiger partial charge in [0.05, 0.1) is 0 Å². The summed E-state index contributed by atoms with van der Waals surface area (Å²) in [5.74, 6) is -1.04. The average Bonchev–Trinajstić information content (AvgIpc) is 2.24. The number of halogens is 2. The van der Waals surface area contributed by atoms with Crippen molar-refractivity contribution in [3.8, 4) is 0 Å². The number of rotatable bonds is 2. The quantitative estimate of drug-likeness (QED) is 0.833. The predicted octanol–water partition coefficient (Wildman–Crippen LogP) is 2.47. The summed E-state index contributed by atoms with van der Waals surface area (Å²) in [5, 5.41) is 2.96. The standard InChI is InChI=1S/C12H16F2N2/c1-16-7-3-4-9(8-16)15-12-10(13)5-2-6-11(12)14/h2,5-6,9,15H,3-4,7-8H2,1H3. The lowest BCUT2D eigenvalue weighted by atomic mass is 10.1. The van der Waals surface area contributed by atoms with Crippen LogP contribution < -0.4 is 5.32 Å². The molecule has 1 aliphatic heterocycles. The van der Waals surface area contributed by atoms with Crippen molar-refractivity contribution in [2.75, 3.05) is 25.5 Å². The maximum absolute atomic E-state index is 13.4. The highest BCUT2D eigenvalue weighted by Gasteiger charge is 2.19. The molecule has 0 saturated carbocycles. The molecule has 1 unspecified atom stereocenters. The average molecular weight is 226 g/mol. The summed E-state index contributed by atoms with van der Waals surface area (Å²) in [7, 11) is 2.02. The Balaban J connectivity index is 2.08. The summed E-state index contributed by atoms with van der Waals surface area (Å²) in [6, 6.07) is 4.06. The molecule has 0 spiro atoms. The summed E-state index contributed by atoms with van der Waals surface area (Å²) < 4.78 is 26.8. The fourth-order valence-electron chi connectivity index (χ4n) is 2.12. The Labute approximate surface area is 94.3 Å². The van der Waals surface area contributed by atoms with Gasteiger partial charge in [-0.05, 0) is 38.6 Å². The zero-order chi connectivity index (χ0) is 11.5. The van der Waals surface area contributed by atoms with Gasteiger partial charge in [0.25, 0.3) is 0 Å². The topological polar surface area (TPSA) is 15.3 Å². The second-order valence-electron chi connectivity index (χ2n) is 4.34. The monoisotopic (exact) mass is 226 g/mol. The van der Waals surface area contributed by atoms with E-state index in [1.54, 1.807) is 0 Å². The van der Waals surface area contributed by atoms with Crippen molar-refractivity contribution in [2.45, 2.75) is 18.9 Å². The molecule has 1 aromatic carbocycles. The van der Waals surface area contributed by atoms with Gasteiger partial charge in [0.2, 0.25) is 0 Å². The predicted molar refractivity (Wildman–Crippen MR) is 60.5 cm³/mol. The molecule has 88 valence electrons. The number of likely N-dealkylation sites (N-methyl/N-ethyl adjacent to an activating group) is 1. The van der Waals surface area contributed by atoms with Crippen molar-refractivity contribution in [1.29, 1.82) is 0 Å². The van der Waals surface area contributed by atoms with E-state index in [0.29, 0.717) is 0 Å². The van der Waals surface area contributed by atoms with Crippen molar-refractivity contribution in [3.05, 3.63) is 29.8 Å². The molecule has 4 heteroatoms. The minimum absolute atomic E-state index is 0.00259. The molecule has 0 amide bonds. The molecule has 0 aliphatic carbocycles. The normalized spacial score (nSPS) is 22.1. The van der Waals surface area contributed by atoms with Crippen LogP contribution in [-0.4, -0.2) is 31.1 Å². The van der Waals surface area contributed by atoms with E-state index < -0.39 is 11.6 Å². The van der Waals surface area contributed by atoms with Crippen LogP contribution in [0.15, 0.2) is 18.2 Å². The smallest absolute Gasteiger partial charge is 0.149 e. The second-order valence-corrected chi connectivity index (χ2v) is 4.34. The van der Waals surface area contributed by atoms with Crippen LogP contribution in [0.25, 0.3) is 0 Å². The number of piperidine rings is 1. The first-order chi connectivity index (χ1) is 7.66. The van der Waals surface area contributed by atoms with Gasteiger partial charge < -0.3 is 10.2 Å². The van der Waals surface area contributed by atoms with Gasteiger partial charge in [-0.3, -0.25) is 0 Å².